The molecule has 2 N–H and O–H groups in total. The number of nitrogens with zero attached hydrogens (tertiary/aromatic N) is 2. The van der Waals surface area contributed by atoms with Gasteiger partial charge in [0.2, 0.25) is 5.95 Å². The molecule has 0 spiro atoms. The molecule has 1 aromatic carbocycles. The van der Waals surface area contributed by atoms with E-state index in [1.165, 1.54) is 25.7 Å². The molecule has 1 heterocycles. The molecule has 5 heteroatoms. The molecule has 0 amide bonds. The summed E-state index contributed by atoms with van der Waals surface area (Å²) >= 11 is 8.17. The molecular weight excluding hydrogens is 278 g/mol. The van der Waals surface area contributed by atoms with Gasteiger partial charge < -0.3 is 10.3 Å². The minimum atomic E-state index is 0.465. The summed E-state index contributed by atoms with van der Waals surface area (Å²) in [5.41, 5.74) is 8.00. The number of rotatable bonds is 2. The third kappa shape index (κ3) is 2.32. The number of hydrogen-bond acceptors (Lipinski definition) is 3. The molecule has 0 bridgehead atoms. The largest absolute Gasteiger partial charge is 0.369 e. The molecule has 1 fully saturated rings. The molecule has 3 rings (SSSR count). The molecule has 0 aliphatic heterocycles. The second-order valence-corrected chi connectivity index (χ2v) is 6.66. The standard InChI is InChI=1S/C14H18ClN3S/c1-19-10-7-5-9(6-8-10)18-12-4-2-3-11(15)13(12)17-14(18)16/h2-4,9-10H,5-8H2,1H3,(H2,16,17). The highest BCUT2D eigenvalue weighted by Gasteiger charge is 2.25. The van der Waals surface area contributed by atoms with Gasteiger partial charge in [0, 0.05) is 11.3 Å². The van der Waals surface area contributed by atoms with Crippen LogP contribution < -0.4 is 5.73 Å². The quantitative estimate of drug-likeness (QED) is 0.906. The number of anilines is 1. The number of nitrogens with two attached hydrogens (primary N) is 1. The van der Waals surface area contributed by atoms with Crippen LogP contribution in [0.25, 0.3) is 11.0 Å². The lowest BCUT2D eigenvalue weighted by Gasteiger charge is -2.29. The summed E-state index contributed by atoms with van der Waals surface area (Å²) in [6.07, 6.45) is 7.06. The van der Waals surface area contributed by atoms with E-state index < -0.39 is 0 Å². The second kappa shape index (κ2) is 5.25. The van der Waals surface area contributed by atoms with Crippen molar-refractivity contribution in [1.82, 2.24) is 9.55 Å². The van der Waals surface area contributed by atoms with Gasteiger partial charge in [-0.2, -0.15) is 11.8 Å². The van der Waals surface area contributed by atoms with Crippen molar-refractivity contribution in [2.75, 3.05) is 12.0 Å². The van der Waals surface area contributed by atoms with E-state index in [1.54, 1.807) is 0 Å². The average Bonchev–Trinajstić information content (AvgIpc) is 2.77. The highest BCUT2D eigenvalue weighted by molar-refractivity contribution is 7.99. The molecule has 19 heavy (non-hydrogen) atoms. The van der Waals surface area contributed by atoms with Gasteiger partial charge in [0.05, 0.1) is 10.5 Å². The number of thioether (sulfide) groups is 1. The van der Waals surface area contributed by atoms with Crippen LogP contribution in [-0.4, -0.2) is 21.1 Å². The van der Waals surface area contributed by atoms with Gasteiger partial charge in [0.25, 0.3) is 0 Å². The number of fused-ring (bicyclic) bond motifs is 1. The fraction of sp³-hybridized carbons (Fsp3) is 0.500. The van der Waals surface area contributed by atoms with Crippen molar-refractivity contribution in [2.45, 2.75) is 37.0 Å². The van der Waals surface area contributed by atoms with Gasteiger partial charge in [-0.25, -0.2) is 4.98 Å². The van der Waals surface area contributed by atoms with Crippen LogP contribution in [0.2, 0.25) is 5.02 Å². The first-order valence-corrected chi connectivity index (χ1v) is 8.32. The van der Waals surface area contributed by atoms with Crippen molar-refractivity contribution in [2.24, 2.45) is 0 Å². The number of halogens is 1. The fourth-order valence-corrected chi connectivity index (χ4v) is 3.98. The summed E-state index contributed by atoms with van der Waals surface area (Å²) in [4.78, 5) is 4.43. The van der Waals surface area contributed by atoms with E-state index in [0.29, 0.717) is 17.0 Å². The Kier molecular flexibility index (Phi) is 3.63. The fourth-order valence-electron chi connectivity index (χ4n) is 3.02. The predicted molar refractivity (Wildman–Crippen MR) is 84.0 cm³/mol. The summed E-state index contributed by atoms with van der Waals surface area (Å²) in [5.74, 6) is 0.593. The zero-order valence-corrected chi connectivity index (χ0v) is 12.5. The summed E-state index contributed by atoms with van der Waals surface area (Å²) < 4.78 is 2.18. The van der Waals surface area contributed by atoms with Gasteiger partial charge in [-0.3, -0.25) is 0 Å². The highest BCUT2D eigenvalue weighted by Crippen LogP contribution is 2.37. The van der Waals surface area contributed by atoms with Crippen molar-refractivity contribution in [3.63, 3.8) is 0 Å². The lowest BCUT2D eigenvalue weighted by Crippen LogP contribution is -2.20. The Hall–Kier alpha value is -0.870. The molecule has 2 aromatic rings. The Morgan fingerprint density at radius 2 is 2.05 bits per heavy atom. The topological polar surface area (TPSA) is 43.8 Å². The van der Waals surface area contributed by atoms with E-state index in [2.05, 4.69) is 21.9 Å². The van der Waals surface area contributed by atoms with Gasteiger partial charge in [-0.15, -0.1) is 0 Å². The van der Waals surface area contributed by atoms with Gasteiger partial charge in [0.1, 0.15) is 5.52 Å². The van der Waals surface area contributed by atoms with E-state index in [9.17, 15) is 0 Å². The van der Waals surface area contributed by atoms with E-state index >= 15 is 0 Å². The van der Waals surface area contributed by atoms with Crippen molar-refractivity contribution in [3.05, 3.63) is 23.2 Å². The number of hydrogen-bond donors (Lipinski definition) is 1. The molecule has 0 saturated heterocycles. The molecule has 0 radical (unpaired) electrons. The Morgan fingerprint density at radius 1 is 1.32 bits per heavy atom. The van der Waals surface area contributed by atoms with E-state index in [0.717, 1.165) is 16.3 Å². The summed E-state index contributed by atoms with van der Waals surface area (Å²) in [7, 11) is 0. The maximum Gasteiger partial charge on any atom is 0.201 e. The zero-order chi connectivity index (χ0) is 13.4. The Balaban J connectivity index is 1.97. The third-order valence-electron chi connectivity index (χ3n) is 4.04. The highest BCUT2D eigenvalue weighted by atomic mass is 35.5. The molecule has 3 nitrogen and oxygen atoms in total. The normalized spacial score (nSPS) is 23.9. The molecule has 1 aliphatic rings. The molecule has 1 aliphatic carbocycles. The number of benzene rings is 1. The smallest absolute Gasteiger partial charge is 0.201 e. The van der Waals surface area contributed by atoms with Crippen LogP contribution in [-0.2, 0) is 0 Å². The summed E-state index contributed by atoms with van der Waals surface area (Å²) in [5, 5.41) is 1.48. The maximum atomic E-state index is 6.19. The van der Waals surface area contributed by atoms with Crippen molar-refractivity contribution < 1.29 is 0 Å². The molecule has 0 unspecified atom stereocenters. The predicted octanol–water partition coefficient (Wildman–Crippen LogP) is 4.12. The molecule has 102 valence electrons. The van der Waals surface area contributed by atoms with E-state index in [1.807, 2.05) is 23.9 Å². The number of para-hydroxylation sites is 1. The van der Waals surface area contributed by atoms with Gasteiger partial charge >= 0.3 is 0 Å². The van der Waals surface area contributed by atoms with E-state index in [4.69, 9.17) is 17.3 Å². The third-order valence-corrected chi connectivity index (χ3v) is 5.48. The molecular formula is C14H18ClN3S. The van der Waals surface area contributed by atoms with Gasteiger partial charge in [-0.1, -0.05) is 17.7 Å². The Bertz CT molecular complexity index is 588. The van der Waals surface area contributed by atoms with Crippen LogP contribution in [0.4, 0.5) is 5.95 Å². The van der Waals surface area contributed by atoms with E-state index in [-0.39, 0.29) is 0 Å². The Morgan fingerprint density at radius 3 is 2.74 bits per heavy atom. The maximum absolute atomic E-state index is 6.19. The first-order chi connectivity index (χ1) is 9.20. The zero-order valence-electron chi connectivity index (χ0n) is 11.0. The van der Waals surface area contributed by atoms with Crippen molar-refractivity contribution >= 4 is 40.3 Å². The van der Waals surface area contributed by atoms with Crippen molar-refractivity contribution in [3.8, 4) is 0 Å². The van der Waals surface area contributed by atoms with Crippen LogP contribution in [0.1, 0.15) is 31.7 Å². The SMILES string of the molecule is CSC1CCC(n2c(N)nc3c(Cl)cccc32)CC1. The van der Waals surface area contributed by atoms with Crippen molar-refractivity contribution in [1.29, 1.82) is 0 Å². The van der Waals surface area contributed by atoms with Crippen LogP contribution in [0, 0.1) is 0 Å². The lowest BCUT2D eigenvalue weighted by atomic mass is 9.94. The molecule has 1 aromatic heterocycles. The monoisotopic (exact) mass is 295 g/mol. The second-order valence-electron chi connectivity index (χ2n) is 5.11. The first-order valence-electron chi connectivity index (χ1n) is 6.65. The minimum Gasteiger partial charge on any atom is -0.369 e. The molecule has 0 atom stereocenters. The Labute approximate surface area is 122 Å². The lowest BCUT2D eigenvalue weighted by molar-refractivity contribution is 0.370. The van der Waals surface area contributed by atoms with Crippen LogP contribution >= 0.6 is 23.4 Å². The van der Waals surface area contributed by atoms with Crippen LogP contribution in [0.15, 0.2) is 18.2 Å². The van der Waals surface area contributed by atoms with Gasteiger partial charge in [-0.05, 0) is 44.1 Å². The summed E-state index contributed by atoms with van der Waals surface area (Å²) in [6.45, 7) is 0. The number of aromatic nitrogens is 2. The summed E-state index contributed by atoms with van der Waals surface area (Å²) in [6, 6.07) is 6.36. The van der Waals surface area contributed by atoms with Gasteiger partial charge in [0.15, 0.2) is 0 Å². The van der Waals surface area contributed by atoms with Crippen LogP contribution in [0.3, 0.4) is 0 Å². The average molecular weight is 296 g/mol. The minimum absolute atomic E-state index is 0.465. The first kappa shape index (κ1) is 13.1. The molecule has 1 saturated carbocycles. The number of imidazole rings is 1. The number of nitrogen functional groups attached to an aromatic ring is 1. The van der Waals surface area contributed by atoms with Crippen LogP contribution in [0.5, 0.6) is 0 Å².